The summed E-state index contributed by atoms with van der Waals surface area (Å²) in [6, 6.07) is 4.43. The normalized spacial score (nSPS) is 19.8. The highest BCUT2D eigenvalue weighted by Gasteiger charge is 2.39. The van der Waals surface area contributed by atoms with Crippen LogP contribution in [0.4, 0.5) is 39.5 Å². The summed E-state index contributed by atoms with van der Waals surface area (Å²) in [5, 5.41) is 7.07. The Bertz CT molecular complexity index is 1090. The third-order valence-corrected chi connectivity index (χ3v) is 6.21. The van der Waals surface area contributed by atoms with Gasteiger partial charge in [-0.1, -0.05) is 12.1 Å². The van der Waals surface area contributed by atoms with Crippen molar-refractivity contribution in [1.29, 1.82) is 5.41 Å². The highest BCUT2D eigenvalue weighted by atomic mass is 19.4. The van der Waals surface area contributed by atoms with Crippen LogP contribution in [0.1, 0.15) is 53.1 Å². The maximum absolute atomic E-state index is 13.6. The standard InChI is InChI=1S/C24H21F9N2O/c25-22(26,27)17-3-1-15(2-4-17)21-10-14(9-19(36)12-34)7-8-35(21)13-16-11-18(23(28,29)30)5-6-20(16)24(31,32)33/h1-6,11-12,14,21,34H,7-10,13H2/t14-,21-/m1/s1. The molecule has 36 heavy (non-hydrogen) atoms. The second-order valence-electron chi connectivity index (χ2n) is 8.68. The van der Waals surface area contributed by atoms with Gasteiger partial charge >= 0.3 is 18.5 Å². The molecule has 1 fully saturated rings. The van der Waals surface area contributed by atoms with E-state index >= 15 is 0 Å². The number of Topliss-reactive ketones (excluding diaryl/α,β-unsaturated/α-hetero) is 1. The molecule has 0 aromatic heterocycles. The zero-order valence-corrected chi connectivity index (χ0v) is 18.6. The molecule has 2 atom stereocenters. The third kappa shape index (κ3) is 6.65. The van der Waals surface area contributed by atoms with Crippen molar-refractivity contribution in [2.24, 2.45) is 5.92 Å². The van der Waals surface area contributed by atoms with E-state index in [2.05, 4.69) is 0 Å². The Balaban J connectivity index is 1.99. The number of carbonyl (C=O) groups excluding carboxylic acids is 1. The Morgan fingerprint density at radius 2 is 1.47 bits per heavy atom. The van der Waals surface area contributed by atoms with Crippen molar-refractivity contribution in [2.75, 3.05) is 6.54 Å². The highest BCUT2D eigenvalue weighted by molar-refractivity contribution is 6.26. The molecular formula is C24H21F9N2O. The molecule has 0 saturated carbocycles. The third-order valence-electron chi connectivity index (χ3n) is 6.21. The fraction of sp³-hybridized carbons (Fsp3) is 0.417. The number of rotatable bonds is 6. The molecule has 0 unspecified atom stereocenters. The largest absolute Gasteiger partial charge is 0.416 e. The summed E-state index contributed by atoms with van der Waals surface area (Å²) < 4.78 is 119. The number of piperidine rings is 1. The molecule has 0 bridgehead atoms. The molecule has 0 aliphatic carbocycles. The number of likely N-dealkylation sites (tertiary alicyclic amines) is 1. The Morgan fingerprint density at radius 3 is 2.00 bits per heavy atom. The molecule has 0 spiro atoms. The number of benzene rings is 2. The van der Waals surface area contributed by atoms with E-state index in [0.29, 0.717) is 36.4 Å². The first-order valence-corrected chi connectivity index (χ1v) is 10.8. The van der Waals surface area contributed by atoms with Crippen molar-refractivity contribution >= 4 is 12.0 Å². The Hall–Kier alpha value is -2.89. The van der Waals surface area contributed by atoms with Crippen LogP contribution in [0.5, 0.6) is 0 Å². The number of carbonyl (C=O) groups is 1. The van der Waals surface area contributed by atoms with Crippen LogP contribution in [0.2, 0.25) is 0 Å². The Morgan fingerprint density at radius 1 is 0.889 bits per heavy atom. The number of halogens is 9. The predicted molar refractivity (Wildman–Crippen MR) is 112 cm³/mol. The summed E-state index contributed by atoms with van der Waals surface area (Å²) in [6.07, 6.45) is -13.3. The van der Waals surface area contributed by atoms with Crippen molar-refractivity contribution in [2.45, 2.75) is 50.4 Å². The monoisotopic (exact) mass is 524 g/mol. The second kappa shape index (κ2) is 10.2. The van der Waals surface area contributed by atoms with Crippen LogP contribution in [0, 0.1) is 11.3 Å². The fourth-order valence-corrected chi connectivity index (χ4v) is 4.44. The first-order valence-electron chi connectivity index (χ1n) is 10.8. The second-order valence-corrected chi connectivity index (χ2v) is 8.68. The van der Waals surface area contributed by atoms with Gasteiger partial charge in [-0.3, -0.25) is 9.69 Å². The van der Waals surface area contributed by atoms with Crippen LogP contribution >= 0.6 is 0 Å². The maximum atomic E-state index is 13.6. The molecule has 1 N–H and O–H groups in total. The molecule has 0 radical (unpaired) electrons. The van der Waals surface area contributed by atoms with Gasteiger partial charge in [0.15, 0.2) is 5.78 Å². The molecule has 1 heterocycles. The lowest BCUT2D eigenvalue weighted by molar-refractivity contribution is -0.142. The minimum absolute atomic E-state index is 0.0220. The number of hydrogen-bond acceptors (Lipinski definition) is 3. The molecule has 1 aliphatic rings. The SMILES string of the molecule is N=CC(=O)C[C@H]1CCN(Cc2cc(C(F)(F)F)ccc2C(F)(F)F)[C@@H](c2ccc(C(F)(F)F)cc2)C1. The molecule has 12 heteroatoms. The van der Waals surface area contributed by atoms with Crippen molar-refractivity contribution < 1.29 is 44.3 Å². The van der Waals surface area contributed by atoms with Crippen molar-refractivity contribution in [3.8, 4) is 0 Å². The van der Waals surface area contributed by atoms with Crippen molar-refractivity contribution in [3.05, 3.63) is 70.3 Å². The molecular weight excluding hydrogens is 503 g/mol. The average molecular weight is 524 g/mol. The first-order chi connectivity index (χ1) is 16.6. The van der Waals surface area contributed by atoms with Crippen molar-refractivity contribution in [3.63, 3.8) is 0 Å². The number of nitrogens with one attached hydrogen (secondary N) is 1. The van der Waals surface area contributed by atoms with Crippen LogP contribution in [0.3, 0.4) is 0 Å². The minimum atomic E-state index is -4.92. The number of ketones is 1. The highest BCUT2D eigenvalue weighted by Crippen LogP contribution is 2.41. The summed E-state index contributed by atoms with van der Waals surface area (Å²) in [7, 11) is 0. The van der Waals surface area contributed by atoms with Crippen LogP contribution in [-0.2, 0) is 29.9 Å². The molecule has 2 aromatic carbocycles. The van der Waals surface area contributed by atoms with E-state index in [1.165, 1.54) is 17.0 Å². The van der Waals surface area contributed by atoms with E-state index in [1.54, 1.807) is 0 Å². The molecule has 3 rings (SSSR count). The molecule has 2 aromatic rings. The predicted octanol–water partition coefficient (Wildman–Crippen LogP) is 7.31. The lowest BCUT2D eigenvalue weighted by Gasteiger charge is -2.40. The first kappa shape index (κ1) is 27.7. The Labute approximate surface area is 200 Å². The number of nitrogens with zero attached hydrogens (tertiary/aromatic N) is 1. The van der Waals surface area contributed by atoms with E-state index in [1.807, 2.05) is 0 Å². The summed E-state index contributed by atoms with van der Waals surface area (Å²) in [4.78, 5) is 13.2. The van der Waals surface area contributed by atoms with E-state index in [9.17, 15) is 44.3 Å². The summed E-state index contributed by atoms with van der Waals surface area (Å²) >= 11 is 0. The maximum Gasteiger partial charge on any atom is 0.416 e. The van der Waals surface area contributed by atoms with Crippen LogP contribution in [0.15, 0.2) is 42.5 Å². The van der Waals surface area contributed by atoms with Gasteiger partial charge in [-0.25, -0.2) is 0 Å². The quantitative estimate of drug-likeness (QED) is 0.318. The molecule has 3 nitrogen and oxygen atoms in total. The minimum Gasteiger partial charge on any atom is -0.305 e. The van der Waals surface area contributed by atoms with Gasteiger partial charge in [0.25, 0.3) is 0 Å². The average Bonchev–Trinajstić information content (AvgIpc) is 2.78. The smallest absolute Gasteiger partial charge is 0.305 e. The number of hydrogen-bond donors (Lipinski definition) is 1. The molecule has 196 valence electrons. The van der Waals surface area contributed by atoms with Gasteiger partial charge < -0.3 is 5.41 Å². The summed E-state index contributed by atoms with van der Waals surface area (Å²) in [5.41, 5.74) is -3.69. The van der Waals surface area contributed by atoms with Crippen LogP contribution in [-0.4, -0.2) is 23.4 Å². The van der Waals surface area contributed by atoms with Crippen LogP contribution in [0.25, 0.3) is 0 Å². The summed E-state index contributed by atoms with van der Waals surface area (Å²) in [6.45, 7) is -0.440. The van der Waals surface area contributed by atoms with Gasteiger partial charge in [-0.05, 0) is 66.8 Å². The lowest BCUT2D eigenvalue weighted by Crippen LogP contribution is -2.37. The zero-order valence-electron chi connectivity index (χ0n) is 18.6. The fourth-order valence-electron chi connectivity index (χ4n) is 4.44. The summed E-state index contributed by atoms with van der Waals surface area (Å²) in [5.74, 6) is -0.775. The van der Waals surface area contributed by atoms with Crippen molar-refractivity contribution in [1.82, 2.24) is 4.90 Å². The van der Waals surface area contributed by atoms with Gasteiger partial charge in [0.05, 0.1) is 22.9 Å². The molecule has 1 aliphatic heterocycles. The Kier molecular flexibility index (Phi) is 7.87. The molecule has 1 saturated heterocycles. The van der Waals surface area contributed by atoms with E-state index in [4.69, 9.17) is 5.41 Å². The molecule has 0 amide bonds. The lowest BCUT2D eigenvalue weighted by atomic mass is 9.83. The van der Waals surface area contributed by atoms with Gasteiger partial charge in [0, 0.05) is 19.0 Å². The van der Waals surface area contributed by atoms with Crippen LogP contribution < -0.4 is 0 Å². The van der Waals surface area contributed by atoms with E-state index < -0.39 is 59.2 Å². The van der Waals surface area contributed by atoms with E-state index in [-0.39, 0.29) is 25.3 Å². The number of alkyl halides is 9. The zero-order chi connectivity index (χ0) is 26.9. The van der Waals surface area contributed by atoms with Gasteiger partial charge in [-0.15, -0.1) is 0 Å². The van der Waals surface area contributed by atoms with Gasteiger partial charge in [0.2, 0.25) is 0 Å². The van der Waals surface area contributed by atoms with Gasteiger partial charge in [-0.2, -0.15) is 39.5 Å². The van der Waals surface area contributed by atoms with E-state index in [0.717, 1.165) is 12.1 Å². The topological polar surface area (TPSA) is 44.2 Å². The van der Waals surface area contributed by atoms with Gasteiger partial charge in [0.1, 0.15) is 0 Å².